The van der Waals surface area contributed by atoms with Crippen LogP contribution in [-0.2, 0) is 13.0 Å². The van der Waals surface area contributed by atoms with Crippen molar-refractivity contribution in [2.24, 2.45) is 0 Å². The van der Waals surface area contributed by atoms with E-state index >= 15 is 0 Å². The van der Waals surface area contributed by atoms with E-state index in [9.17, 15) is 10.1 Å². The Labute approximate surface area is 157 Å². The molecule has 2 N–H and O–H groups in total. The van der Waals surface area contributed by atoms with Crippen molar-refractivity contribution in [3.05, 3.63) is 82.6 Å². The smallest absolute Gasteiger partial charge is 0.335 e. The number of aryl methyl sites for hydroxylation is 1. The first-order chi connectivity index (χ1) is 13.1. The second kappa shape index (κ2) is 8.35. The molecular formula is C22H20N2O3. The summed E-state index contributed by atoms with van der Waals surface area (Å²) in [5.74, 6) is 0.189. The molecule has 0 fully saturated rings. The van der Waals surface area contributed by atoms with E-state index in [0.29, 0.717) is 23.4 Å². The van der Waals surface area contributed by atoms with Crippen molar-refractivity contribution in [2.75, 3.05) is 6.54 Å². The number of benzene rings is 2. The summed E-state index contributed by atoms with van der Waals surface area (Å²) in [7, 11) is 0. The van der Waals surface area contributed by atoms with Crippen molar-refractivity contribution >= 4 is 5.97 Å². The number of nitrogens with zero attached hydrogens (tertiary/aromatic N) is 1. The Hall–Kier alpha value is -3.36. The van der Waals surface area contributed by atoms with Crippen LogP contribution in [-0.4, -0.2) is 17.6 Å². The van der Waals surface area contributed by atoms with Gasteiger partial charge in [0, 0.05) is 5.56 Å². The zero-order valence-electron chi connectivity index (χ0n) is 15.0. The molecule has 0 saturated heterocycles. The third kappa shape index (κ3) is 4.63. The molecule has 0 aliphatic heterocycles. The van der Waals surface area contributed by atoms with Crippen LogP contribution in [0.2, 0.25) is 0 Å². The number of carbonyl (C=O) groups is 1. The maximum Gasteiger partial charge on any atom is 0.335 e. The highest BCUT2D eigenvalue weighted by atomic mass is 16.4. The first-order valence-corrected chi connectivity index (χ1v) is 8.69. The monoisotopic (exact) mass is 360 g/mol. The zero-order chi connectivity index (χ0) is 19.2. The lowest BCUT2D eigenvalue weighted by atomic mass is 10.0. The van der Waals surface area contributed by atoms with Crippen LogP contribution in [0.3, 0.4) is 0 Å². The Morgan fingerprint density at radius 1 is 1.15 bits per heavy atom. The lowest BCUT2D eigenvalue weighted by molar-refractivity contribution is 0.0697. The van der Waals surface area contributed by atoms with Crippen LogP contribution < -0.4 is 5.32 Å². The van der Waals surface area contributed by atoms with E-state index in [1.165, 1.54) is 29.3 Å². The number of aromatic carboxylic acids is 1. The highest BCUT2D eigenvalue weighted by Crippen LogP contribution is 2.27. The summed E-state index contributed by atoms with van der Waals surface area (Å²) in [6.45, 7) is 3.45. The number of rotatable bonds is 7. The van der Waals surface area contributed by atoms with Crippen LogP contribution in [0.4, 0.5) is 0 Å². The van der Waals surface area contributed by atoms with Crippen LogP contribution in [0.25, 0.3) is 11.3 Å². The van der Waals surface area contributed by atoms with Crippen LogP contribution in [0, 0.1) is 18.3 Å². The number of nitrogens with one attached hydrogen (secondary N) is 1. The predicted octanol–water partition coefficient (Wildman–Crippen LogP) is 4.16. The molecule has 0 radical (unpaired) electrons. The normalized spacial score (nSPS) is 10.5. The van der Waals surface area contributed by atoms with E-state index in [2.05, 4.69) is 42.6 Å². The van der Waals surface area contributed by atoms with Gasteiger partial charge in [-0.05, 0) is 55.8 Å². The molecule has 0 aliphatic carbocycles. The summed E-state index contributed by atoms with van der Waals surface area (Å²) in [6.07, 6.45) is 0.924. The summed E-state index contributed by atoms with van der Waals surface area (Å²) in [6, 6.07) is 18.5. The number of nitriles is 1. The highest BCUT2D eigenvalue weighted by molar-refractivity contribution is 5.90. The molecule has 5 nitrogen and oxygen atoms in total. The van der Waals surface area contributed by atoms with Crippen molar-refractivity contribution in [3.63, 3.8) is 0 Å². The zero-order valence-corrected chi connectivity index (χ0v) is 15.0. The van der Waals surface area contributed by atoms with Crippen molar-refractivity contribution in [2.45, 2.75) is 19.9 Å². The molecule has 0 spiro atoms. The summed E-state index contributed by atoms with van der Waals surface area (Å²) in [4.78, 5) is 11.2. The fourth-order valence-corrected chi connectivity index (χ4v) is 2.80. The molecular weight excluding hydrogens is 340 g/mol. The molecule has 1 aromatic heterocycles. The molecule has 0 bridgehead atoms. The molecule has 136 valence electrons. The molecule has 0 saturated carbocycles. The molecule has 3 rings (SSSR count). The fourth-order valence-electron chi connectivity index (χ4n) is 2.80. The molecule has 3 aromatic rings. The van der Waals surface area contributed by atoms with Gasteiger partial charge in [-0.2, -0.15) is 5.26 Å². The number of furan rings is 1. The molecule has 0 atom stereocenters. The lowest BCUT2D eigenvalue weighted by Crippen LogP contribution is -2.16. The molecule has 1 heterocycles. The summed E-state index contributed by atoms with van der Waals surface area (Å²) < 4.78 is 5.81. The van der Waals surface area contributed by atoms with Crippen LogP contribution in [0.15, 0.2) is 59.0 Å². The van der Waals surface area contributed by atoms with Crippen molar-refractivity contribution in [1.29, 1.82) is 5.26 Å². The third-order valence-electron chi connectivity index (χ3n) is 4.32. The number of carboxylic acid groups (broad SMARTS) is 1. The van der Waals surface area contributed by atoms with Crippen LogP contribution in [0.1, 0.15) is 32.8 Å². The first-order valence-electron chi connectivity index (χ1n) is 8.69. The van der Waals surface area contributed by atoms with Gasteiger partial charge < -0.3 is 14.8 Å². The Kier molecular flexibility index (Phi) is 5.70. The van der Waals surface area contributed by atoms with Crippen molar-refractivity contribution in [3.8, 4) is 17.4 Å². The molecule has 0 aliphatic rings. The Morgan fingerprint density at radius 3 is 2.63 bits per heavy atom. The third-order valence-corrected chi connectivity index (χ3v) is 4.32. The van der Waals surface area contributed by atoms with Gasteiger partial charge in [0.2, 0.25) is 0 Å². The number of hydrogen-bond acceptors (Lipinski definition) is 4. The lowest BCUT2D eigenvalue weighted by Gasteiger charge is -2.05. The van der Waals surface area contributed by atoms with E-state index < -0.39 is 5.97 Å². The fraction of sp³-hybridized carbons (Fsp3) is 0.182. The SMILES string of the molecule is Cc1ccc(CCNCc2ccc(-c3cc(C(=O)O)ccc3C#N)o2)cc1. The van der Waals surface area contributed by atoms with Crippen molar-refractivity contribution in [1.82, 2.24) is 5.32 Å². The standard InChI is InChI=1S/C22H20N2O3/c1-15-2-4-16(5-3-15)10-11-24-14-19-8-9-21(27-19)20-12-17(22(25)26)6-7-18(20)13-23/h2-9,12,24H,10-11,14H2,1H3,(H,25,26). The molecule has 2 aromatic carbocycles. The summed E-state index contributed by atoms with van der Waals surface area (Å²) in [5.41, 5.74) is 3.52. The predicted molar refractivity (Wildman–Crippen MR) is 102 cm³/mol. The molecule has 27 heavy (non-hydrogen) atoms. The second-order valence-electron chi connectivity index (χ2n) is 6.36. The molecule has 5 heteroatoms. The van der Waals surface area contributed by atoms with E-state index in [0.717, 1.165) is 18.7 Å². The highest BCUT2D eigenvalue weighted by Gasteiger charge is 2.13. The van der Waals surface area contributed by atoms with E-state index in [1.54, 1.807) is 6.07 Å². The van der Waals surface area contributed by atoms with Gasteiger partial charge in [-0.1, -0.05) is 29.8 Å². The van der Waals surface area contributed by atoms with E-state index in [4.69, 9.17) is 9.52 Å². The Morgan fingerprint density at radius 2 is 1.93 bits per heavy atom. The van der Waals surface area contributed by atoms with Crippen molar-refractivity contribution < 1.29 is 14.3 Å². The maximum absolute atomic E-state index is 11.2. The largest absolute Gasteiger partial charge is 0.478 e. The summed E-state index contributed by atoms with van der Waals surface area (Å²) in [5, 5.41) is 21.8. The Balaban J connectivity index is 1.63. The summed E-state index contributed by atoms with van der Waals surface area (Å²) >= 11 is 0. The van der Waals surface area contributed by atoms with Gasteiger partial charge in [-0.3, -0.25) is 0 Å². The minimum Gasteiger partial charge on any atom is -0.478 e. The first kappa shape index (κ1) is 18.4. The quantitative estimate of drug-likeness (QED) is 0.618. The van der Waals surface area contributed by atoms with Gasteiger partial charge in [0.1, 0.15) is 11.5 Å². The second-order valence-corrected chi connectivity index (χ2v) is 6.36. The van der Waals surface area contributed by atoms with Gasteiger partial charge in [0.25, 0.3) is 0 Å². The van der Waals surface area contributed by atoms with Gasteiger partial charge >= 0.3 is 5.97 Å². The number of carboxylic acids is 1. The molecule has 0 amide bonds. The van der Waals surface area contributed by atoms with Gasteiger partial charge in [-0.15, -0.1) is 0 Å². The molecule has 0 unspecified atom stereocenters. The van der Waals surface area contributed by atoms with E-state index in [1.807, 2.05) is 6.07 Å². The Bertz CT molecular complexity index is 982. The van der Waals surface area contributed by atoms with Gasteiger partial charge in [0.05, 0.1) is 23.7 Å². The topological polar surface area (TPSA) is 86.3 Å². The average Bonchev–Trinajstić information content (AvgIpc) is 3.15. The number of hydrogen-bond donors (Lipinski definition) is 2. The van der Waals surface area contributed by atoms with Crippen LogP contribution >= 0.6 is 0 Å². The van der Waals surface area contributed by atoms with Gasteiger partial charge in [-0.25, -0.2) is 4.79 Å². The average molecular weight is 360 g/mol. The van der Waals surface area contributed by atoms with Crippen LogP contribution in [0.5, 0.6) is 0 Å². The minimum absolute atomic E-state index is 0.123. The minimum atomic E-state index is -1.04. The van der Waals surface area contributed by atoms with Gasteiger partial charge in [0.15, 0.2) is 0 Å². The van der Waals surface area contributed by atoms with E-state index in [-0.39, 0.29) is 5.56 Å². The maximum atomic E-state index is 11.2.